The van der Waals surface area contributed by atoms with Gasteiger partial charge in [0.1, 0.15) is 18.4 Å². The number of ether oxygens (including phenoxy) is 2. The first-order valence-electron chi connectivity index (χ1n) is 5.16. The number of aryl methyl sites for hydroxylation is 1. The van der Waals surface area contributed by atoms with Gasteiger partial charge in [0, 0.05) is 20.1 Å². The average molecular weight is 250 g/mol. The lowest BCUT2D eigenvalue weighted by molar-refractivity contribution is 0.00380. The van der Waals surface area contributed by atoms with Crippen LogP contribution in [0.1, 0.15) is 18.2 Å². The molecule has 0 saturated carbocycles. The van der Waals surface area contributed by atoms with E-state index in [1.54, 1.807) is 7.05 Å². The zero-order valence-electron chi connectivity index (χ0n) is 9.77. The number of rotatable bonds is 7. The van der Waals surface area contributed by atoms with Gasteiger partial charge < -0.3 is 14.6 Å². The molecule has 0 aliphatic rings. The fourth-order valence-corrected chi connectivity index (χ4v) is 1.47. The van der Waals surface area contributed by atoms with E-state index in [0.29, 0.717) is 11.4 Å². The van der Waals surface area contributed by atoms with E-state index in [0.717, 1.165) is 0 Å². The molecule has 0 saturated heterocycles. The van der Waals surface area contributed by atoms with Crippen molar-refractivity contribution < 1.29 is 23.4 Å². The fraction of sp³-hybridized carbons (Fsp3) is 0.700. The van der Waals surface area contributed by atoms with E-state index in [1.807, 2.05) is 0 Å². The van der Waals surface area contributed by atoms with Crippen molar-refractivity contribution in [3.63, 3.8) is 0 Å². The van der Waals surface area contributed by atoms with Gasteiger partial charge in [-0.3, -0.25) is 4.68 Å². The van der Waals surface area contributed by atoms with Crippen molar-refractivity contribution in [2.75, 3.05) is 20.3 Å². The Bertz CT molecular complexity index is 344. The zero-order chi connectivity index (χ0) is 12.8. The maximum Gasteiger partial charge on any atom is 0.261 e. The van der Waals surface area contributed by atoms with Crippen molar-refractivity contribution in [2.24, 2.45) is 7.05 Å². The van der Waals surface area contributed by atoms with E-state index in [2.05, 4.69) is 5.10 Å². The average Bonchev–Trinajstić information content (AvgIpc) is 2.65. The Kier molecular flexibility index (Phi) is 5.30. The number of aliphatic hydroxyl groups is 1. The molecule has 1 unspecified atom stereocenters. The molecule has 1 rings (SSSR count). The number of hydrogen-bond donors (Lipinski definition) is 1. The van der Waals surface area contributed by atoms with Crippen LogP contribution in [0.3, 0.4) is 0 Å². The van der Waals surface area contributed by atoms with Crippen LogP contribution in [-0.4, -0.2) is 41.6 Å². The predicted molar refractivity (Wildman–Crippen MR) is 56.2 cm³/mol. The zero-order valence-corrected chi connectivity index (χ0v) is 9.77. The van der Waals surface area contributed by atoms with Crippen molar-refractivity contribution in [1.82, 2.24) is 9.78 Å². The lowest BCUT2D eigenvalue weighted by atomic mass is 10.2. The highest BCUT2D eigenvalue weighted by molar-refractivity contribution is 5.26. The minimum atomic E-state index is -2.49. The van der Waals surface area contributed by atoms with Gasteiger partial charge in [0.25, 0.3) is 6.43 Å². The van der Waals surface area contributed by atoms with Crippen LogP contribution in [0.25, 0.3) is 0 Å². The van der Waals surface area contributed by atoms with Crippen LogP contribution in [-0.2, 0) is 11.8 Å². The Morgan fingerprint density at radius 2 is 2.24 bits per heavy atom. The summed E-state index contributed by atoms with van der Waals surface area (Å²) in [6, 6.07) is 0. The van der Waals surface area contributed by atoms with Gasteiger partial charge >= 0.3 is 0 Å². The molecule has 0 aliphatic heterocycles. The molecule has 0 amide bonds. The van der Waals surface area contributed by atoms with Gasteiger partial charge in [0.2, 0.25) is 0 Å². The Labute approximate surface area is 97.9 Å². The van der Waals surface area contributed by atoms with Crippen molar-refractivity contribution in [2.45, 2.75) is 19.0 Å². The molecule has 1 N–H and O–H groups in total. The first-order valence-corrected chi connectivity index (χ1v) is 5.16. The summed E-state index contributed by atoms with van der Waals surface area (Å²) in [5.41, 5.74) is 0.508. The molecular weight excluding hydrogens is 234 g/mol. The molecule has 0 aromatic carbocycles. The van der Waals surface area contributed by atoms with Crippen LogP contribution < -0.4 is 4.74 Å². The number of methoxy groups -OCH3 is 1. The molecule has 0 aliphatic carbocycles. The second kappa shape index (κ2) is 6.51. The quantitative estimate of drug-likeness (QED) is 0.737. The van der Waals surface area contributed by atoms with Gasteiger partial charge in [-0.05, 0) is 0 Å². The van der Waals surface area contributed by atoms with E-state index in [4.69, 9.17) is 9.47 Å². The Balaban J connectivity index is 2.46. The van der Waals surface area contributed by atoms with Crippen LogP contribution in [0.5, 0.6) is 5.75 Å². The summed E-state index contributed by atoms with van der Waals surface area (Å²) in [6.45, 7) is -0.560. The highest BCUT2D eigenvalue weighted by atomic mass is 19.3. The minimum absolute atomic E-state index is 0.0554. The molecule has 0 bridgehead atoms. The molecule has 0 spiro atoms. The maximum absolute atomic E-state index is 11.8. The van der Waals surface area contributed by atoms with Gasteiger partial charge in [0.15, 0.2) is 5.75 Å². The molecule has 17 heavy (non-hydrogen) atoms. The summed E-state index contributed by atoms with van der Waals surface area (Å²) < 4.78 is 34.8. The summed E-state index contributed by atoms with van der Waals surface area (Å²) in [6.07, 6.45) is -1.64. The normalized spacial score (nSPS) is 13.1. The van der Waals surface area contributed by atoms with E-state index in [1.165, 1.54) is 18.0 Å². The van der Waals surface area contributed by atoms with Crippen LogP contribution in [0.15, 0.2) is 6.20 Å². The van der Waals surface area contributed by atoms with Gasteiger partial charge in [-0.2, -0.15) is 5.10 Å². The van der Waals surface area contributed by atoms with Gasteiger partial charge in [0.05, 0.1) is 13.3 Å². The first-order chi connectivity index (χ1) is 8.06. The number of alkyl halides is 2. The predicted octanol–water partition coefficient (Wildman–Crippen LogP) is 1.13. The molecule has 7 heteroatoms. The molecular formula is C10H16F2N2O3. The monoisotopic (exact) mass is 250 g/mol. The van der Waals surface area contributed by atoms with Crippen molar-refractivity contribution in [3.8, 4) is 5.75 Å². The summed E-state index contributed by atoms with van der Waals surface area (Å²) >= 11 is 0. The summed E-state index contributed by atoms with van der Waals surface area (Å²) in [4.78, 5) is 0. The number of nitrogens with zero attached hydrogens (tertiary/aromatic N) is 2. The summed E-state index contributed by atoms with van der Waals surface area (Å²) in [5, 5.41) is 13.8. The second-order valence-corrected chi connectivity index (χ2v) is 3.49. The fourth-order valence-electron chi connectivity index (χ4n) is 1.47. The van der Waals surface area contributed by atoms with Crippen molar-refractivity contribution >= 4 is 0 Å². The summed E-state index contributed by atoms with van der Waals surface area (Å²) in [7, 11) is 3.14. The topological polar surface area (TPSA) is 56.5 Å². The van der Waals surface area contributed by atoms with Gasteiger partial charge in [-0.25, -0.2) is 8.78 Å². The molecule has 0 fully saturated rings. The maximum atomic E-state index is 11.8. The number of hydrogen-bond acceptors (Lipinski definition) is 4. The Morgan fingerprint density at radius 3 is 2.82 bits per heavy atom. The smallest absolute Gasteiger partial charge is 0.261 e. The third kappa shape index (κ3) is 3.94. The van der Waals surface area contributed by atoms with Gasteiger partial charge in [-0.15, -0.1) is 0 Å². The SMILES string of the molecule is COc1cnn(C)c1C(O)CCOCC(F)F. The standard InChI is InChI=1S/C10H16F2N2O3/c1-14-10(8(16-2)5-13-14)7(15)3-4-17-6-9(11)12/h5,7,9,15H,3-4,6H2,1-2H3. The molecule has 1 aromatic heterocycles. The molecule has 98 valence electrons. The van der Waals surface area contributed by atoms with Crippen LogP contribution in [0.2, 0.25) is 0 Å². The lowest BCUT2D eigenvalue weighted by Crippen LogP contribution is -2.11. The molecule has 1 aromatic rings. The van der Waals surface area contributed by atoms with E-state index in [-0.39, 0.29) is 13.0 Å². The second-order valence-electron chi connectivity index (χ2n) is 3.49. The number of aromatic nitrogens is 2. The third-order valence-corrected chi connectivity index (χ3v) is 2.26. The Hall–Kier alpha value is -1.21. The highest BCUT2D eigenvalue weighted by Crippen LogP contribution is 2.26. The molecule has 1 heterocycles. The summed E-state index contributed by atoms with van der Waals surface area (Å²) in [5.74, 6) is 0.467. The lowest BCUT2D eigenvalue weighted by Gasteiger charge is -2.13. The van der Waals surface area contributed by atoms with E-state index >= 15 is 0 Å². The molecule has 5 nitrogen and oxygen atoms in total. The first kappa shape index (κ1) is 13.9. The molecule has 0 radical (unpaired) electrons. The number of halogens is 2. The van der Waals surface area contributed by atoms with E-state index < -0.39 is 19.1 Å². The molecule has 1 atom stereocenters. The van der Waals surface area contributed by atoms with Crippen LogP contribution in [0.4, 0.5) is 8.78 Å². The van der Waals surface area contributed by atoms with Crippen LogP contribution >= 0.6 is 0 Å². The van der Waals surface area contributed by atoms with E-state index in [9.17, 15) is 13.9 Å². The Morgan fingerprint density at radius 1 is 1.53 bits per heavy atom. The van der Waals surface area contributed by atoms with Crippen molar-refractivity contribution in [1.29, 1.82) is 0 Å². The largest absolute Gasteiger partial charge is 0.493 e. The van der Waals surface area contributed by atoms with Crippen LogP contribution in [0, 0.1) is 0 Å². The van der Waals surface area contributed by atoms with Gasteiger partial charge in [-0.1, -0.05) is 0 Å². The number of aliphatic hydroxyl groups excluding tert-OH is 1. The van der Waals surface area contributed by atoms with Crippen molar-refractivity contribution in [3.05, 3.63) is 11.9 Å². The minimum Gasteiger partial charge on any atom is -0.493 e. The third-order valence-electron chi connectivity index (χ3n) is 2.26. The highest BCUT2D eigenvalue weighted by Gasteiger charge is 2.18.